The van der Waals surface area contributed by atoms with Crippen LogP contribution in [0.4, 0.5) is 5.82 Å². The van der Waals surface area contributed by atoms with Gasteiger partial charge in [-0.3, -0.25) is 4.79 Å². The number of nitrogens with zero attached hydrogens (tertiary/aromatic N) is 2. The number of carbonyl (C=O) groups is 1. The zero-order chi connectivity index (χ0) is 24.0. The van der Waals surface area contributed by atoms with Crippen molar-refractivity contribution in [3.05, 3.63) is 77.8 Å². The molecule has 0 radical (unpaired) electrons. The molecule has 0 bridgehead atoms. The van der Waals surface area contributed by atoms with E-state index in [0.717, 1.165) is 57.9 Å². The van der Waals surface area contributed by atoms with Crippen LogP contribution in [-0.4, -0.2) is 42.0 Å². The summed E-state index contributed by atoms with van der Waals surface area (Å²) in [5, 5.41) is 5.96. The molecule has 1 saturated heterocycles. The lowest BCUT2D eigenvalue weighted by molar-refractivity contribution is -0.116. The van der Waals surface area contributed by atoms with Gasteiger partial charge in [0.15, 0.2) is 0 Å². The maximum atomic E-state index is 12.3. The van der Waals surface area contributed by atoms with E-state index in [2.05, 4.69) is 20.6 Å². The van der Waals surface area contributed by atoms with Crippen molar-refractivity contribution in [1.29, 1.82) is 0 Å². The second-order valence-corrected chi connectivity index (χ2v) is 9.44. The quantitative estimate of drug-likeness (QED) is 0.320. The summed E-state index contributed by atoms with van der Waals surface area (Å²) >= 11 is 1.60. The van der Waals surface area contributed by atoms with Crippen molar-refractivity contribution in [3.8, 4) is 22.6 Å². The first kappa shape index (κ1) is 23.1. The minimum Gasteiger partial charge on any atom is -0.457 e. The van der Waals surface area contributed by atoms with E-state index in [9.17, 15) is 4.79 Å². The number of rotatable bonds is 8. The lowest BCUT2D eigenvalue weighted by Crippen LogP contribution is -2.32. The van der Waals surface area contributed by atoms with Gasteiger partial charge < -0.3 is 20.7 Å². The molecular formula is C28H28N4O2S. The number of anilines is 1. The maximum absolute atomic E-state index is 12.3. The van der Waals surface area contributed by atoms with Crippen molar-refractivity contribution in [3.63, 3.8) is 0 Å². The number of thiophene rings is 1. The molecule has 0 saturated carbocycles. The molecule has 0 atom stereocenters. The van der Waals surface area contributed by atoms with Crippen LogP contribution in [0.1, 0.15) is 18.4 Å². The highest BCUT2D eigenvalue weighted by atomic mass is 32.1. The summed E-state index contributed by atoms with van der Waals surface area (Å²) in [5.74, 6) is 1.95. The number of fused-ring (bicyclic) bond motifs is 1. The number of ether oxygens (including phenoxy) is 1. The molecule has 6 nitrogen and oxygen atoms in total. The summed E-state index contributed by atoms with van der Waals surface area (Å²) in [7, 11) is 0. The Kier molecular flexibility index (Phi) is 7.07. The van der Waals surface area contributed by atoms with E-state index >= 15 is 0 Å². The summed E-state index contributed by atoms with van der Waals surface area (Å²) in [6.07, 6.45) is 7.62. The summed E-state index contributed by atoms with van der Waals surface area (Å²) in [5.41, 5.74) is 9.22. The molecule has 1 amide bonds. The normalized spacial score (nSPS) is 14.1. The van der Waals surface area contributed by atoms with Crippen molar-refractivity contribution in [2.45, 2.75) is 12.8 Å². The Balaban J connectivity index is 1.30. The highest BCUT2D eigenvalue weighted by Gasteiger charge is 2.14. The number of nitrogens with one attached hydrogen (secondary N) is 1. The van der Waals surface area contributed by atoms with Crippen molar-refractivity contribution in [2.24, 2.45) is 0 Å². The SMILES string of the molecule is Nc1ncc(/C=C/C(=O)NCCN2CCCC2)c2scc(-c3ccc(Oc4ccccc4)cc3)c12. The molecule has 5 rings (SSSR count). The fourth-order valence-electron chi connectivity index (χ4n) is 4.31. The van der Waals surface area contributed by atoms with E-state index in [1.54, 1.807) is 23.6 Å². The van der Waals surface area contributed by atoms with Crippen molar-refractivity contribution in [2.75, 3.05) is 31.9 Å². The van der Waals surface area contributed by atoms with Crippen LogP contribution >= 0.6 is 11.3 Å². The molecule has 3 N–H and O–H groups in total. The van der Waals surface area contributed by atoms with Gasteiger partial charge in [0.05, 0.1) is 0 Å². The van der Waals surface area contributed by atoms with E-state index in [1.165, 1.54) is 12.8 Å². The maximum Gasteiger partial charge on any atom is 0.244 e. The summed E-state index contributed by atoms with van der Waals surface area (Å²) < 4.78 is 6.92. The van der Waals surface area contributed by atoms with Gasteiger partial charge in [0.1, 0.15) is 17.3 Å². The molecule has 1 aliphatic heterocycles. The summed E-state index contributed by atoms with van der Waals surface area (Å²) in [6.45, 7) is 3.82. The van der Waals surface area contributed by atoms with E-state index in [1.807, 2.05) is 60.7 Å². The molecule has 4 aromatic rings. The van der Waals surface area contributed by atoms with Gasteiger partial charge in [-0.2, -0.15) is 0 Å². The number of aromatic nitrogens is 1. The Hall–Kier alpha value is -3.68. The number of hydrogen-bond acceptors (Lipinski definition) is 6. The third-order valence-electron chi connectivity index (χ3n) is 6.14. The number of likely N-dealkylation sites (tertiary alicyclic amines) is 1. The van der Waals surface area contributed by atoms with E-state index in [0.29, 0.717) is 12.4 Å². The third kappa shape index (κ3) is 5.53. The first-order valence-electron chi connectivity index (χ1n) is 11.8. The largest absolute Gasteiger partial charge is 0.457 e. The molecular weight excluding hydrogens is 456 g/mol. The molecule has 35 heavy (non-hydrogen) atoms. The van der Waals surface area contributed by atoms with Crippen LogP contribution in [0.25, 0.3) is 27.3 Å². The molecule has 7 heteroatoms. The minimum absolute atomic E-state index is 0.0973. The van der Waals surface area contributed by atoms with Crippen molar-refractivity contribution in [1.82, 2.24) is 15.2 Å². The smallest absolute Gasteiger partial charge is 0.244 e. The van der Waals surface area contributed by atoms with Gasteiger partial charge in [0.25, 0.3) is 0 Å². The number of amides is 1. The van der Waals surface area contributed by atoms with Crippen molar-refractivity contribution >= 4 is 39.2 Å². The monoisotopic (exact) mass is 484 g/mol. The average molecular weight is 485 g/mol. The third-order valence-corrected chi connectivity index (χ3v) is 7.17. The van der Waals surface area contributed by atoms with Gasteiger partial charge in [-0.1, -0.05) is 30.3 Å². The van der Waals surface area contributed by atoms with E-state index in [4.69, 9.17) is 10.5 Å². The summed E-state index contributed by atoms with van der Waals surface area (Å²) in [6, 6.07) is 17.7. The highest BCUT2D eigenvalue weighted by molar-refractivity contribution is 7.18. The number of nitrogens with two attached hydrogens (primary N) is 1. The molecule has 2 aromatic carbocycles. The lowest BCUT2D eigenvalue weighted by atomic mass is 10.0. The highest BCUT2D eigenvalue weighted by Crippen LogP contribution is 2.39. The molecule has 0 unspecified atom stereocenters. The van der Waals surface area contributed by atoms with Gasteiger partial charge in [-0.25, -0.2) is 4.98 Å². The minimum atomic E-state index is -0.0973. The van der Waals surface area contributed by atoms with Gasteiger partial charge >= 0.3 is 0 Å². The molecule has 2 aromatic heterocycles. The van der Waals surface area contributed by atoms with Crippen LogP contribution in [0.3, 0.4) is 0 Å². The average Bonchev–Trinajstić information content (AvgIpc) is 3.56. The summed E-state index contributed by atoms with van der Waals surface area (Å²) in [4.78, 5) is 19.1. The van der Waals surface area contributed by atoms with Crippen LogP contribution < -0.4 is 15.8 Å². The van der Waals surface area contributed by atoms with Gasteiger partial charge in [-0.15, -0.1) is 11.3 Å². The number of para-hydroxylation sites is 1. The predicted octanol–water partition coefficient (Wildman–Crippen LogP) is 5.56. The number of nitrogen functional groups attached to an aromatic ring is 1. The Morgan fingerprint density at radius 1 is 1.09 bits per heavy atom. The van der Waals surface area contributed by atoms with Gasteiger partial charge in [0.2, 0.25) is 5.91 Å². The van der Waals surface area contributed by atoms with Gasteiger partial charge in [0, 0.05) is 46.6 Å². The van der Waals surface area contributed by atoms with Crippen LogP contribution in [0.5, 0.6) is 11.5 Å². The number of hydrogen-bond donors (Lipinski definition) is 2. The Morgan fingerprint density at radius 3 is 2.60 bits per heavy atom. The van der Waals surface area contributed by atoms with E-state index < -0.39 is 0 Å². The Morgan fingerprint density at radius 2 is 1.83 bits per heavy atom. The van der Waals surface area contributed by atoms with Crippen molar-refractivity contribution < 1.29 is 9.53 Å². The number of carbonyl (C=O) groups excluding carboxylic acids is 1. The van der Waals surface area contributed by atoms with Crippen LogP contribution in [0.2, 0.25) is 0 Å². The Bertz CT molecular complexity index is 1330. The first-order valence-corrected chi connectivity index (χ1v) is 12.7. The topological polar surface area (TPSA) is 80.5 Å². The molecule has 178 valence electrons. The molecule has 1 fully saturated rings. The second kappa shape index (κ2) is 10.7. The fourth-order valence-corrected chi connectivity index (χ4v) is 5.39. The predicted molar refractivity (Wildman–Crippen MR) is 144 cm³/mol. The standard InChI is InChI=1S/C28H28N4O2S/c29-28-26-24(20-8-11-23(12-9-20)34-22-6-2-1-3-7-22)19-35-27(26)21(18-31-28)10-13-25(33)30-14-17-32-15-4-5-16-32/h1-3,6-13,18-19H,4-5,14-17H2,(H2,29,31)(H,30,33)/b13-10+. The zero-order valence-corrected chi connectivity index (χ0v) is 20.3. The fraction of sp³-hybridized carbons (Fsp3) is 0.214. The Labute approximate surface area is 209 Å². The molecule has 0 spiro atoms. The van der Waals surface area contributed by atoms with Crippen LogP contribution in [0, 0.1) is 0 Å². The van der Waals surface area contributed by atoms with Crippen LogP contribution in [0.15, 0.2) is 72.3 Å². The number of pyridine rings is 1. The molecule has 0 aliphatic carbocycles. The lowest BCUT2D eigenvalue weighted by Gasteiger charge is -2.13. The first-order chi connectivity index (χ1) is 17.2. The molecule has 1 aliphatic rings. The van der Waals surface area contributed by atoms with Crippen LogP contribution in [-0.2, 0) is 4.79 Å². The molecule has 3 heterocycles. The van der Waals surface area contributed by atoms with Gasteiger partial charge in [-0.05, 0) is 67.2 Å². The zero-order valence-electron chi connectivity index (χ0n) is 19.4. The van der Waals surface area contributed by atoms with E-state index in [-0.39, 0.29) is 5.91 Å². The second-order valence-electron chi connectivity index (χ2n) is 8.56. The number of benzene rings is 2.